The number of nitrogens with two attached hydrogens (primary N) is 1. The van der Waals surface area contributed by atoms with E-state index in [9.17, 15) is 24.6 Å². The van der Waals surface area contributed by atoms with E-state index in [4.69, 9.17) is 5.73 Å². The molecule has 1 aliphatic carbocycles. The number of nitro groups is 1. The first kappa shape index (κ1) is 30.1. The molecule has 3 aromatic rings. The molecular formula is C34H33FN4O3S. The molecule has 0 aromatic heterocycles. The Kier molecular flexibility index (Phi) is 7.93. The number of hydrogen-bond acceptors (Lipinski definition) is 7. The summed E-state index contributed by atoms with van der Waals surface area (Å²) in [5, 5.41) is 22.5. The Morgan fingerprint density at radius 2 is 1.81 bits per heavy atom. The van der Waals surface area contributed by atoms with Crippen molar-refractivity contribution < 1.29 is 14.1 Å². The summed E-state index contributed by atoms with van der Waals surface area (Å²) in [6.07, 6.45) is 0.639. The number of rotatable bonds is 6. The lowest BCUT2D eigenvalue weighted by Crippen LogP contribution is -2.42. The van der Waals surface area contributed by atoms with Crippen molar-refractivity contribution in [3.63, 3.8) is 0 Å². The average Bonchev–Trinajstić information content (AvgIpc) is 2.92. The van der Waals surface area contributed by atoms with Crippen LogP contribution in [0.3, 0.4) is 0 Å². The van der Waals surface area contributed by atoms with Crippen molar-refractivity contribution in [1.29, 1.82) is 5.26 Å². The second kappa shape index (κ2) is 11.3. The monoisotopic (exact) mass is 596 g/mol. The van der Waals surface area contributed by atoms with Gasteiger partial charge in [0.25, 0.3) is 5.69 Å². The first-order chi connectivity index (χ1) is 20.3. The fourth-order valence-corrected chi connectivity index (χ4v) is 7.28. The fraction of sp³-hybridized carbons (Fsp3) is 0.294. The number of carbonyl (C=O) groups excluding carboxylic acids is 1. The van der Waals surface area contributed by atoms with Gasteiger partial charge in [0.2, 0.25) is 0 Å². The first-order valence-electron chi connectivity index (χ1n) is 14.0. The molecule has 0 spiro atoms. The van der Waals surface area contributed by atoms with Gasteiger partial charge in [-0.05, 0) is 78.6 Å². The second-order valence-electron chi connectivity index (χ2n) is 12.1. The van der Waals surface area contributed by atoms with Crippen LogP contribution in [0.5, 0.6) is 0 Å². The number of ketones is 1. The smallest absolute Gasteiger partial charge is 0.296 e. The third-order valence-corrected chi connectivity index (χ3v) is 9.49. The van der Waals surface area contributed by atoms with E-state index in [1.54, 1.807) is 11.8 Å². The standard InChI is InChI=1S/C34H33FN4O3S/c1-19-8-6-7-9-30(19)43-18-22-13-24(21(3)12-20(22)2)31-25(17-36)33(37)38(26-11-10-23(35)14-27(26)39(41)42)28-15-34(4,5)16-29(40)32(28)31/h6-14,31H,15-16,18,37H2,1-5H3. The molecule has 0 amide bonds. The zero-order chi connectivity index (χ0) is 31.2. The Morgan fingerprint density at radius 3 is 2.49 bits per heavy atom. The lowest BCUT2D eigenvalue weighted by atomic mass is 9.68. The zero-order valence-corrected chi connectivity index (χ0v) is 25.6. The lowest BCUT2D eigenvalue weighted by Gasteiger charge is -2.43. The Labute approximate surface area is 255 Å². The quantitative estimate of drug-likeness (QED) is 0.175. The molecule has 7 nitrogen and oxygen atoms in total. The van der Waals surface area contributed by atoms with E-state index >= 15 is 0 Å². The van der Waals surface area contributed by atoms with Crippen LogP contribution in [0.25, 0.3) is 0 Å². The number of halogens is 1. The predicted molar refractivity (Wildman–Crippen MR) is 167 cm³/mol. The van der Waals surface area contributed by atoms with Gasteiger partial charge in [0.1, 0.15) is 17.3 Å². The molecule has 0 bridgehead atoms. The molecule has 1 unspecified atom stereocenters. The van der Waals surface area contributed by atoms with Gasteiger partial charge in [-0.25, -0.2) is 4.39 Å². The number of hydrogen-bond donors (Lipinski definition) is 1. The number of Topliss-reactive ketones (excluding diaryl/α,β-unsaturated/α-hetero) is 1. The third kappa shape index (κ3) is 5.55. The van der Waals surface area contributed by atoms with E-state index < -0.39 is 27.8 Å². The van der Waals surface area contributed by atoms with Crippen molar-refractivity contribution in [2.45, 2.75) is 64.0 Å². The van der Waals surface area contributed by atoms with Crippen molar-refractivity contribution in [2.75, 3.05) is 4.90 Å². The topological polar surface area (TPSA) is 113 Å². The lowest BCUT2D eigenvalue weighted by molar-refractivity contribution is -0.384. The van der Waals surface area contributed by atoms with Crippen LogP contribution in [0.2, 0.25) is 0 Å². The number of nitrogens with zero attached hydrogens (tertiary/aromatic N) is 3. The summed E-state index contributed by atoms with van der Waals surface area (Å²) in [4.78, 5) is 27.9. The van der Waals surface area contributed by atoms with Crippen molar-refractivity contribution in [2.24, 2.45) is 11.1 Å². The van der Waals surface area contributed by atoms with Crippen molar-refractivity contribution in [1.82, 2.24) is 0 Å². The van der Waals surface area contributed by atoms with E-state index in [2.05, 4.69) is 44.2 Å². The molecule has 1 aliphatic heterocycles. The number of carbonyl (C=O) groups is 1. The van der Waals surface area contributed by atoms with Gasteiger partial charge in [-0.1, -0.05) is 44.2 Å². The number of nitriles is 1. The maximum absolute atomic E-state index is 14.1. The summed E-state index contributed by atoms with van der Waals surface area (Å²) in [5.41, 5.74) is 11.9. The molecule has 0 saturated carbocycles. The molecule has 0 radical (unpaired) electrons. The van der Waals surface area contributed by atoms with Crippen molar-refractivity contribution in [3.8, 4) is 6.07 Å². The van der Waals surface area contributed by atoms with Crippen LogP contribution in [-0.2, 0) is 10.5 Å². The van der Waals surface area contributed by atoms with Crippen LogP contribution >= 0.6 is 11.8 Å². The van der Waals surface area contributed by atoms with E-state index in [0.717, 1.165) is 34.4 Å². The van der Waals surface area contributed by atoms with E-state index in [-0.39, 0.29) is 29.3 Å². The number of anilines is 1. The Balaban J connectivity index is 1.71. The van der Waals surface area contributed by atoms with Crippen LogP contribution < -0.4 is 10.6 Å². The van der Waals surface area contributed by atoms with Gasteiger partial charge in [-0.3, -0.25) is 19.8 Å². The second-order valence-corrected chi connectivity index (χ2v) is 13.1. The van der Waals surface area contributed by atoms with Gasteiger partial charge in [-0.2, -0.15) is 5.26 Å². The van der Waals surface area contributed by atoms with Crippen molar-refractivity contribution in [3.05, 3.63) is 121 Å². The maximum Gasteiger partial charge on any atom is 0.296 e. The van der Waals surface area contributed by atoms with Crippen LogP contribution in [0.4, 0.5) is 15.8 Å². The molecule has 3 aromatic carbocycles. The molecule has 2 aliphatic rings. The summed E-state index contributed by atoms with van der Waals surface area (Å²) >= 11 is 1.73. The highest BCUT2D eigenvalue weighted by molar-refractivity contribution is 7.98. The third-order valence-electron chi connectivity index (χ3n) is 8.27. The van der Waals surface area contributed by atoms with Gasteiger partial charge in [0.15, 0.2) is 5.78 Å². The number of nitro benzene ring substituents is 1. The Bertz CT molecular complexity index is 1790. The number of allylic oxidation sites excluding steroid dienone is 3. The number of thioether (sulfide) groups is 1. The number of aryl methyl sites for hydroxylation is 3. The van der Waals surface area contributed by atoms with Gasteiger partial charge in [-0.15, -0.1) is 11.8 Å². The molecule has 0 fully saturated rings. The minimum Gasteiger partial charge on any atom is -0.384 e. The highest BCUT2D eigenvalue weighted by atomic mass is 32.2. The average molecular weight is 597 g/mol. The minimum absolute atomic E-state index is 0.00210. The predicted octanol–water partition coefficient (Wildman–Crippen LogP) is 7.89. The SMILES string of the molecule is Cc1cc(C)c(C2C(C#N)=C(N)N(c3ccc(F)cc3[N+](=O)[O-])C3=C2C(=O)CC(C)(C)C3)cc1CSc1ccccc1C. The van der Waals surface area contributed by atoms with Crippen LogP contribution in [0.1, 0.15) is 60.4 Å². The van der Waals surface area contributed by atoms with Gasteiger partial charge in [0.05, 0.1) is 28.5 Å². The highest BCUT2D eigenvalue weighted by Crippen LogP contribution is 2.52. The Morgan fingerprint density at radius 1 is 1.09 bits per heavy atom. The molecule has 1 heterocycles. The largest absolute Gasteiger partial charge is 0.384 e. The van der Waals surface area contributed by atoms with Crippen LogP contribution in [-0.4, -0.2) is 10.7 Å². The molecule has 220 valence electrons. The first-order valence-corrected chi connectivity index (χ1v) is 15.0. The molecule has 9 heteroatoms. The molecule has 1 atom stereocenters. The molecule has 0 saturated heterocycles. The molecule has 43 heavy (non-hydrogen) atoms. The number of benzene rings is 3. The molecule has 5 rings (SSSR count). The maximum atomic E-state index is 14.1. The highest BCUT2D eigenvalue weighted by Gasteiger charge is 2.46. The van der Waals surface area contributed by atoms with E-state index in [1.807, 2.05) is 32.9 Å². The van der Waals surface area contributed by atoms with E-state index in [1.165, 1.54) is 21.4 Å². The summed E-state index contributed by atoms with van der Waals surface area (Å²) in [6.45, 7) is 10.00. The summed E-state index contributed by atoms with van der Waals surface area (Å²) in [6, 6.07) is 17.8. The fourth-order valence-electron chi connectivity index (χ4n) is 6.18. The summed E-state index contributed by atoms with van der Waals surface area (Å²) < 4.78 is 14.1. The summed E-state index contributed by atoms with van der Waals surface area (Å²) in [5.74, 6) is -0.945. The van der Waals surface area contributed by atoms with Gasteiger partial charge >= 0.3 is 0 Å². The van der Waals surface area contributed by atoms with Gasteiger partial charge < -0.3 is 5.73 Å². The van der Waals surface area contributed by atoms with Crippen molar-refractivity contribution >= 4 is 28.9 Å². The normalized spacial score (nSPS) is 18.0. The molecular weight excluding hydrogens is 563 g/mol. The van der Waals surface area contributed by atoms with Crippen LogP contribution in [0.15, 0.2) is 82.2 Å². The molecule has 2 N–H and O–H groups in total. The Hall–Kier alpha value is -4.42. The summed E-state index contributed by atoms with van der Waals surface area (Å²) in [7, 11) is 0. The minimum atomic E-state index is -0.769. The van der Waals surface area contributed by atoms with Crippen LogP contribution in [0, 0.1) is 53.4 Å². The van der Waals surface area contributed by atoms with E-state index in [0.29, 0.717) is 23.4 Å². The zero-order valence-electron chi connectivity index (χ0n) is 24.8. The van der Waals surface area contributed by atoms with Gasteiger partial charge in [0, 0.05) is 28.3 Å².